The molecule has 1 aromatic carbocycles. The van der Waals surface area contributed by atoms with E-state index in [1.807, 2.05) is 26.0 Å². The van der Waals surface area contributed by atoms with Gasteiger partial charge < -0.3 is 10.5 Å². The first-order chi connectivity index (χ1) is 10.9. The summed E-state index contributed by atoms with van der Waals surface area (Å²) >= 11 is 0. The molecule has 23 heavy (non-hydrogen) atoms. The van der Waals surface area contributed by atoms with Crippen molar-refractivity contribution >= 4 is 22.5 Å². The van der Waals surface area contributed by atoms with Crippen molar-refractivity contribution in [3.05, 3.63) is 51.7 Å². The Kier molecular flexibility index (Phi) is 3.40. The number of rotatable bonds is 3. The van der Waals surface area contributed by atoms with Crippen LogP contribution in [0.3, 0.4) is 0 Å². The van der Waals surface area contributed by atoms with Crippen LogP contribution in [0.15, 0.2) is 30.5 Å². The largest absolute Gasteiger partial charge is 0.496 e. The van der Waals surface area contributed by atoms with Crippen molar-refractivity contribution in [3.63, 3.8) is 0 Å². The van der Waals surface area contributed by atoms with Crippen LogP contribution in [-0.2, 0) is 0 Å². The zero-order valence-electron chi connectivity index (χ0n) is 13.0. The number of aromatic nitrogens is 2. The molecular weight excluding hydrogens is 296 g/mol. The number of nitro groups is 1. The number of fused-ring (bicyclic) bond motifs is 1. The van der Waals surface area contributed by atoms with Gasteiger partial charge in [0.1, 0.15) is 23.4 Å². The summed E-state index contributed by atoms with van der Waals surface area (Å²) in [5.74, 6) is 1.21. The van der Waals surface area contributed by atoms with E-state index in [1.165, 1.54) is 12.3 Å². The molecule has 0 saturated heterocycles. The fourth-order valence-corrected chi connectivity index (χ4v) is 2.82. The third-order valence-electron chi connectivity index (χ3n) is 3.89. The van der Waals surface area contributed by atoms with Crippen molar-refractivity contribution in [2.45, 2.75) is 13.8 Å². The molecule has 2 aromatic heterocycles. The van der Waals surface area contributed by atoms with Crippen molar-refractivity contribution in [1.29, 1.82) is 0 Å². The fourth-order valence-electron chi connectivity index (χ4n) is 2.82. The molecule has 0 bridgehead atoms. The van der Waals surface area contributed by atoms with Crippen LogP contribution in [0.5, 0.6) is 5.75 Å². The summed E-state index contributed by atoms with van der Waals surface area (Å²) in [5.41, 5.74) is 9.48. The van der Waals surface area contributed by atoms with Crippen LogP contribution in [0.25, 0.3) is 16.7 Å². The minimum atomic E-state index is -0.470. The summed E-state index contributed by atoms with van der Waals surface area (Å²) < 4.78 is 7.18. The summed E-state index contributed by atoms with van der Waals surface area (Å²) in [6.45, 7) is 3.91. The molecule has 7 heteroatoms. The zero-order chi connectivity index (χ0) is 16.7. The average Bonchev–Trinajstić information content (AvgIpc) is 2.83. The number of benzene rings is 1. The van der Waals surface area contributed by atoms with E-state index < -0.39 is 4.92 Å². The van der Waals surface area contributed by atoms with Gasteiger partial charge in [0.25, 0.3) is 5.69 Å². The van der Waals surface area contributed by atoms with Gasteiger partial charge in [-0.05, 0) is 31.5 Å². The molecule has 2 N–H and O–H groups in total. The first-order valence-electron chi connectivity index (χ1n) is 7.00. The first-order valence-corrected chi connectivity index (χ1v) is 7.00. The quantitative estimate of drug-likeness (QED) is 0.592. The molecule has 2 heterocycles. The third-order valence-corrected chi connectivity index (χ3v) is 3.89. The highest BCUT2D eigenvalue weighted by molar-refractivity contribution is 5.85. The Hall–Kier alpha value is -3.09. The van der Waals surface area contributed by atoms with Gasteiger partial charge in [-0.25, -0.2) is 4.98 Å². The lowest BCUT2D eigenvalue weighted by Crippen LogP contribution is -2.06. The van der Waals surface area contributed by atoms with Crippen LogP contribution in [0.2, 0.25) is 0 Å². The van der Waals surface area contributed by atoms with Gasteiger partial charge in [0.15, 0.2) is 0 Å². The van der Waals surface area contributed by atoms with Crippen molar-refractivity contribution in [2.24, 2.45) is 0 Å². The predicted octanol–water partition coefficient (Wildman–Crippen LogP) is 3.14. The number of aryl methyl sites for hydroxylation is 1. The van der Waals surface area contributed by atoms with E-state index in [0.717, 1.165) is 22.6 Å². The van der Waals surface area contributed by atoms with E-state index in [4.69, 9.17) is 10.5 Å². The predicted molar refractivity (Wildman–Crippen MR) is 88.2 cm³/mol. The highest BCUT2D eigenvalue weighted by Gasteiger charge is 2.18. The lowest BCUT2D eigenvalue weighted by molar-refractivity contribution is -0.385. The van der Waals surface area contributed by atoms with Gasteiger partial charge in [0, 0.05) is 17.0 Å². The minimum absolute atomic E-state index is 0.0614. The Labute approximate surface area is 132 Å². The van der Waals surface area contributed by atoms with Gasteiger partial charge in [-0.3, -0.25) is 14.7 Å². The third kappa shape index (κ3) is 2.26. The molecule has 3 aromatic rings. The molecule has 0 radical (unpaired) electrons. The molecule has 3 rings (SSSR count). The fraction of sp³-hybridized carbons (Fsp3) is 0.188. The highest BCUT2D eigenvalue weighted by atomic mass is 16.6. The molecule has 118 valence electrons. The number of nitrogens with two attached hydrogens (primary N) is 1. The van der Waals surface area contributed by atoms with Crippen LogP contribution in [-0.4, -0.2) is 21.6 Å². The molecular formula is C16H16N4O3. The smallest absolute Gasteiger partial charge is 0.288 e. The van der Waals surface area contributed by atoms with Gasteiger partial charge in [-0.2, -0.15) is 0 Å². The lowest BCUT2D eigenvalue weighted by atomic mass is 10.1. The lowest BCUT2D eigenvalue weighted by Gasteiger charge is -2.16. The molecule has 0 aliphatic rings. The number of pyridine rings is 1. The molecule has 0 aliphatic carbocycles. The molecule has 0 saturated carbocycles. The van der Waals surface area contributed by atoms with Gasteiger partial charge in [-0.15, -0.1) is 0 Å². The van der Waals surface area contributed by atoms with E-state index >= 15 is 0 Å². The second kappa shape index (κ2) is 5.28. The van der Waals surface area contributed by atoms with E-state index in [-0.39, 0.29) is 5.69 Å². The van der Waals surface area contributed by atoms with Gasteiger partial charge >= 0.3 is 0 Å². The molecule has 7 nitrogen and oxygen atoms in total. The van der Waals surface area contributed by atoms with Crippen molar-refractivity contribution < 1.29 is 9.66 Å². The van der Waals surface area contributed by atoms with Crippen molar-refractivity contribution in [3.8, 4) is 11.4 Å². The Morgan fingerprint density at radius 2 is 2.04 bits per heavy atom. The Morgan fingerprint density at radius 1 is 1.30 bits per heavy atom. The second-order valence-corrected chi connectivity index (χ2v) is 5.33. The summed E-state index contributed by atoms with van der Waals surface area (Å²) in [5, 5.41) is 11.5. The van der Waals surface area contributed by atoms with Gasteiger partial charge in [0.05, 0.1) is 17.7 Å². The summed E-state index contributed by atoms with van der Waals surface area (Å²) in [4.78, 5) is 14.7. The SMILES string of the molecule is COc1ccc(C)c(-n2c(N)cc3cc([N+](=O)[O-])cnc32)c1C. The molecule has 0 aliphatic heterocycles. The highest BCUT2D eigenvalue weighted by Crippen LogP contribution is 2.33. The maximum absolute atomic E-state index is 10.9. The van der Waals surface area contributed by atoms with Gasteiger partial charge in [0.2, 0.25) is 0 Å². The number of hydrogen-bond acceptors (Lipinski definition) is 5. The molecule has 0 spiro atoms. The van der Waals surface area contributed by atoms with E-state index in [9.17, 15) is 10.1 Å². The zero-order valence-corrected chi connectivity index (χ0v) is 13.0. The Balaban J connectivity index is 2.33. The maximum Gasteiger partial charge on any atom is 0.288 e. The topological polar surface area (TPSA) is 96.2 Å². The summed E-state index contributed by atoms with van der Waals surface area (Å²) in [7, 11) is 1.61. The van der Waals surface area contributed by atoms with Crippen LogP contribution in [0.1, 0.15) is 11.1 Å². The van der Waals surface area contributed by atoms with E-state index in [2.05, 4.69) is 4.98 Å². The van der Waals surface area contributed by atoms with Gasteiger partial charge in [-0.1, -0.05) is 6.07 Å². The number of anilines is 1. The number of nitrogen functional groups attached to an aromatic ring is 1. The normalized spacial score (nSPS) is 10.9. The molecule has 0 fully saturated rings. The number of nitrogens with zero attached hydrogens (tertiary/aromatic N) is 3. The monoisotopic (exact) mass is 312 g/mol. The maximum atomic E-state index is 10.9. The Bertz CT molecular complexity index is 931. The summed E-state index contributed by atoms with van der Waals surface area (Å²) in [6, 6.07) is 7.00. The van der Waals surface area contributed by atoms with E-state index in [0.29, 0.717) is 16.9 Å². The van der Waals surface area contributed by atoms with Crippen LogP contribution < -0.4 is 10.5 Å². The summed E-state index contributed by atoms with van der Waals surface area (Å²) in [6.07, 6.45) is 1.24. The second-order valence-electron chi connectivity index (χ2n) is 5.33. The first kappa shape index (κ1) is 14.8. The minimum Gasteiger partial charge on any atom is -0.496 e. The van der Waals surface area contributed by atoms with Crippen molar-refractivity contribution in [1.82, 2.24) is 9.55 Å². The Morgan fingerprint density at radius 3 is 2.70 bits per heavy atom. The number of hydrogen-bond donors (Lipinski definition) is 1. The number of methoxy groups -OCH3 is 1. The molecule has 0 atom stereocenters. The van der Waals surface area contributed by atoms with Crippen LogP contribution in [0, 0.1) is 24.0 Å². The van der Waals surface area contributed by atoms with Crippen LogP contribution in [0.4, 0.5) is 11.5 Å². The molecule has 0 amide bonds. The van der Waals surface area contributed by atoms with E-state index in [1.54, 1.807) is 17.7 Å². The number of ether oxygens (including phenoxy) is 1. The standard InChI is InChI=1S/C16H16N4O3/c1-9-4-5-13(23-3)10(2)15(9)19-14(17)7-11-6-12(20(21)22)8-18-16(11)19/h4-8H,17H2,1-3H3. The van der Waals surface area contributed by atoms with Crippen molar-refractivity contribution in [2.75, 3.05) is 12.8 Å². The average molecular weight is 312 g/mol. The van der Waals surface area contributed by atoms with Crippen LogP contribution >= 0.6 is 0 Å². The molecule has 0 unspecified atom stereocenters.